The minimum atomic E-state index is -0.281. The molecule has 4 rings (SSSR count). The van der Waals surface area contributed by atoms with Gasteiger partial charge in [-0.15, -0.1) is 0 Å². The summed E-state index contributed by atoms with van der Waals surface area (Å²) in [5.41, 5.74) is 0.641. The molecule has 0 unspecified atom stereocenters. The number of para-hydroxylation sites is 1. The molecule has 2 aliphatic rings. The zero-order valence-electron chi connectivity index (χ0n) is 14.3. The van der Waals surface area contributed by atoms with E-state index in [9.17, 15) is 9.59 Å². The number of halogens is 1. The lowest BCUT2D eigenvalue weighted by Crippen LogP contribution is -3.19. The molecule has 2 fully saturated rings. The van der Waals surface area contributed by atoms with Gasteiger partial charge in [0.15, 0.2) is 6.04 Å². The van der Waals surface area contributed by atoms with Gasteiger partial charge in [0, 0.05) is 10.5 Å². The van der Waals surface area contributed by atoms with Crippen molar-refractivity contribution in [2.45, 2.75) is 12.5 Å². The number of aromatic nitrogens is 1. The Balaban J connectivity index is 1.46. The molecule has 0 radical (unpaired) electrons. The highest BCUT2D eigenvalue weighted by atomic mass is 79.9. The number of piperazine rings is 1. The zero-order valence-corrected chi connectivity index (χ0v) is 15.9. The van der Waals surface area contributed by atoms with Crippen LogP contribution in [0.15, 0.2) is 53.1 Å². The maximum atomic E-state index is 13.0. The molecule has 2 saturated heterocycles. The van der Waals surface area contributed by atoms with Gasteiger partial charge in [-0.2, -0.15) is 0 Å². The van der Waals surface area contributed by atoms with Gasteiger partial charge in [0.2, 0.25) is 5.91 Å². The fourth-order valence-corrected chi connectivity index (χ4v) is 4.26. The van der Waals surface area contributed by atoms with Crippen LogP contribution >= 0.6 is 15.9 Å². The van der Waals surface area contributed by atoms with Crippen molar-refractivity contribution < 1.29 is 19.5 Å². The molecule has 6 nitrogen and oxygen atoms in total. The van der Waals surface area contributed by atoms with Crippen molar-refractivity contribution >= 4 is 39.2 Å². The van der Waals surface area contributed by atoms with Gasteiger partial charge < -0.3 is 4.90 Å². The molecule has 2 N–H and O–H groups in total. The Morgan fingerprint density at radius 3 is 2.46 bits per heavy atom. The Bertz CT molecular complexity index is 821. The number of anilines is 2. The predicted molar refractivity (Wildman–Crippen MR) is 101 cm³/mol. The molecule has 134 valence electrons. The molecule has 7 heteroatoms. The molecule has 0 aliphatic carbocycles. The molecule has 3 heterocycles. The quantitative estimate of drug-likeness (QED) is 0.732. The van der Waals surface area contributed by atoms with Crippen molar-refractivity contribution in [3.05, 3.63) is 53.1 Å². The lowest BCUT2D eigenvalue weighted by atomic mass is 10.1. The van der Waals surface area contributed by atoms with E-state index in [1.54, 1.807) is 6.07 Å². The third kappa shape index (κ3) is 3.12. The first-order valence-electron chi connectivity index (χ1n) is 8.83. The highest BCUT2D eigenvalue weighted by molar-refractivity contribution is 9.10. The molecule has 1 aromatic carbocycles. The number of carbonyl (C=O) groups excluding carboxylic acids is 2. The summed E-state index contributed by atoms with van der Waals surface area (Å²) < 4.78 is 0.766. The molecule has 1 aromatic heterocycles. The standard InChI is InChI=1S/C19H19BrN4O2/c20-14-5-1-2-6-15(14)24-18(25)13-16(19(24)26)22-9-11-23(12-10-22)17-7-3-4-8-21-17/h1-8,16H,9-13H2/p+2/t16-/m1/s1. The van der Waals surface area contributed by atoms with E-state index >= 15 is 0 Å². The highest BCUT2D eigenvalue weighted by Gasteiger charge is 2.47. The number of pyridine rings is 1. The molecular formula is C19H21BrN4O2+2. The Kier molecular flexibility index (Phi) is 4.74. The molecule has 0 saturated carbocycles. The molecule has 0 spiro atoms. The van der Waals surface area contributed by atoms with Crippen LogP contribution in [0.1, 0.15) is 6.42 Å². The first-order chi connectivity index (χ1) is 12.6. The molecule has 2 amide bonds. The number of nitrogens with zero attached hydrogens (tertiary/aromatic N) is 2. The summed E-state index contributed by atoms with van der Waals surface area (Å²) in [6.07, 6.45) is 2.20. The van der Waals surface area contributed by atoms with Crippen LogP contribution in [0.5, 0.6) is 0 Å². The van der Waals surface area contributed by atoms with Crippen LogP contribution in [0.25, 0.3) is 0 Å². The number of rotatable bonds is 3. The highest BCUT2D eigenvalue weighted by Crippen LogP contribution is 2.29. The maximum absolute atomic E-state index is 13.0. The largest absolute Gasteiger partial charge is 0.318 e. The molecular weight excluding hydrogens is 396 g/mol. The fourth-order valence-electron chi connectivity index (χ4n) is 3.80. The summed E-state index contributed by atoms with van der Waals surface area (Å²) in [5, 5.41) is 0. The van der Waals surface area contributed by atoms with Crippen LogP contribution in [0.3, 0.4) is 0 Å². The number of H-pyrrole nitrogens is 1. The molecule has 0 bridgehead atoms. The average molecular weight is 417 g/mol. The molecule has 26 heavy (non-hydrogen) atoms. The summed E-state index contributed by atoms with van der Waals surface area (Å²) in [6.45, 7) is 3.41. The number of benzene rings is 1. The van der Waals surface area contributed by atoms with E-state index in [-0.39, 0.29) is 24.3 Å². The lowest BCUT2D eigenvalue weighted by molar-refractivity contribution is -0.915. The number of amides is 2. The average Bonchev–Trinajstić information content (AvgIpc) is 2.97. The van der Waals surface area contributed by atoms with E-state index in [4.69, 9.17) is 0 Å². The topological polar surface area (TPSA) is 59.2 Å². The van der Waals surface area contributed by atoms with Gasteiger partial charge in [0.1, 0.15) is 26.2 Å². The zero-order chi connectivity index (χ0) is 18.1. The minimum Gasteiger partial charge on any atom is -0.318 e. The monoisotopic (exact) mass is 416 g/mol. The smallest absolute Gasteiger partial charge is 0.292 e. The third-order valence-corrected chi connectivity index (χ3v) is 5.84. The van der Waals surface area contributed by atoms with Crippen molar-refractivity contribution in [3.8, 4) is 0 Å². The second-order valence-electron chi connectivity index (χ2n) is 6.67. The van der Waals surface area contributed by atoms with Gasteiger partial charge in [-0.05, 0) is 34.1 Å². The first-order valence-corrected chi connectivity index (χ1v) is 9.62. The number of imide groups is 1. The van der Waals surface area contributed by atoms with E-state index in [2.05, 4.69) is 31.9 Å². The van der Waals surface area contributed by atoms with Crippen LogP contribution in [0.4, 0.5) is 11.5 Å². The SMILES string of the molecule is O=C1C[C@@H]([NH+]2CCN(c3cccc[nH+]3)CC2)C(=O)N1c1ccccc1Br. The van der Waals surface area contributed by atoms with Gasteiger partial charge in [-0.25, -0.2) is 9.88 Å². The number of quaternary nitrogens is 1. The molecule has 2 aliphatic heterocycles. The van der Waals surface area contributed by atoms with Crippen LogP contribution in [0, 0.1) is 0 Å². The van der Waals surface area contributed by atoms with Crippen LogP contribution in [-0.2, 0) is 9.59 Å². The van der Waals surface area contributed by atoms with Crippen molar-refractivity contribution in [2.24, 2.45) is 0 Å². The summed E-state index contributed by atoms with van der Waals surface area (Å²) >= 11 is 3.45. The van der Waals surface area contributed by atoms with E-state index in [0.29, 0.717) is 5.69 Å². The normalized spacial score (nSPS) is 21.5. The molecule has 2 aromatic rings. The first kappa shape index (κ1) is 17.2. The van der Waals surface area contributed by atoms with Gasteiger partial charge in [0.25, 0.3) is 11.7 Å². The van der Waals surface area contributed by atoms with Crippen molar-refractivity contribution in [3.63, 3.8) is 0 Å². The summed E-state index contributed by atoms with van der Waals surface area (Å²) in [7, 11) is 0. The Morgan fingerprint density at radius 1 is 1.04 bits per heavy atom. The number of nitrogens with one attached hydrogen (secondary N) is 2. The lowest BCUT2D eigenvalue weighted by Gasteiger charge is -2.31. The van der Waals surface area contributed by atoms with Crippen molar-refractivity contribution in [1.29, 1.82) is 0 Å². The van der Waals surface area contributed by atoms with Crippen molar-refractivity contribution in [1.82, 2.24) is 0 Å². The number of hydrogen-bond donors (Lipinski definition) is 1. The Morgan fingerprint density at radius 2 is 1.77 bits per heavy atom. The number of carbonyl (C=O) groups is 2. The second-order valence-corrected chi connectivity index (χ2v) is 7.52. The van der Waals surface area contributed by atoms with E-state index < -0.39 is 0 Å². The molecule has 1 atom stereocenters. The Hall–Kier alpha value is -2.25. The van der Waals surface area contributed by atoms with Crippen LogP contribution in [-0.4, -0.2) is 44.0 Å². The third-order valence-electron chi connectivity index (χ3n) is 5.17. The van der Waals surface area contributed by atoms with Crippen LogP contribution < -0.4 is 19.7 Å². The number of hydrogen-bond acceptors (Lipinski definition) is 3. The second kappa shape index (κ2) is 7.17. The summed E-state index contributed by atoms with van der Waals surface area (Å²) in [6, 6.07) is 13.1. The van der Waals surface area contributed by atoms with Gasteiger partial charge in [-0.3, -0.25) is 14.5 Å². The summed E-state index contributed by atoms with van der Waals surface area (Å²) in [4.78, 5) is 33.6. The van der Waals surface area contributed by atoms with E-state index in [0.717, 1.165) is 36.5 Å². The van der Waals surface area contributed by atoms with Gasteiger partial charge >= 0.3 is 0 Å². The maximum Gasteiger partial charge on any atom is 0.292 e. The van der Waals surface area contributed by atoms with Crippen molar-refractivity contribution in [2.75, 3.05) is 36.0 Å². The number of aromatic amines is 1. The van der Waals surface area contributed by atoms with E-state index in [1.165, 1.54) is 9.80 Å². The minimum absolute atomic E-state index is 0.0865. The van der Waals surface area contributed by atoms with Crippen LogP contribution in [0.2, 0.25) is 0 Å². The Labute approximate surface area is 160 Å². The predicted octanol–water partition coefficient (Wildman–Crippen LogP) is 0.300. The van der Waals surface area contributed by atoms with E-state index in [1.807, 2.05) is 36.5 Å². The summed E-state index contributed by atoms with van der Waals surface area (Å²) in [5.74, 6) is 0.894. The van der Waals surface area contributed by atoms with Gasteiger partial charge in [0.05, 0.1) is 18.3 Å². The van der Waals surface area contributed by atoms with Gasteiger partial charge in [-0.1, -0.05) is 18.2 Å². The fraction of sp³-hybridized carbons (Fsp3) is 0.316.